The van der Waals surface area contributed by atoms with E-state index in [0.29, 0.717) is 0 Å². The molecule has 0 nitrogen and oxygen atoms in total. The fourth-order valence-electron chi connectivity index (χ4n) is 0.854. The molecule has 0 fully saturated rings. The molecular formula is C12H9F3. The van der Waals surface area contributed by atoms with E-state index in [0.717, 1.165) is 12.1 Å². The number of hydrogen-bond donors (Lipinski definition) is 0. The zero-order chi connectivity index (χ0) is 11.1. The number of rotatable bonds is 0. The Morgan fingerprint density at radius 1 is 0.533 bits per heavy atom. The summed E-state index contributed by atoms with van der Waals surface area (Å²) in [7, 11) is 0. The molecular weight excluding hydrogens is 201 g/mol. The second kappa shape index (κ2) is 5.86. The largest absolute Gasteiger partial charge is 0.207 e. The van der Waals surface area contributed by atoms with Gasteiger partial charge in [-0.25, -0.2) is 13.2 Å². The summed E-state index contributed by atoms with van der Waals surface area (Å²) in [5.74, 6) is -1.78. The molecule has 0 saturated heterocycles. The molecule has 0 N–H and O–H groups in total. The molecule has 0 aliphatic carbocycles. The van der Waals surface area contributed by atoms with Crippen molar-refractivity contribution in [1.29, 1.82) is 0 Å². The van der Waals surface area contributed by atoms with Crippen molar-refractivity contribution < 1.29 is 13.2 Å². The Kier molecular flexibility index (Phi) is 4.41. The highest BCUT2D eigenvalue weighted by Gasteiger charge is 1.93. The minimum Gasteiger partial charge on any atom is -0.207 e. The summed E-state index contributed by atoms with van der Waals surface area (Å²) in [6, 6.07) is 13.0. The molecule has 0 saturated carbocycles. The van der Waals surface area contributed by atoms with Gasteiger partial charge in [0, 0.05) is 0 Å². The summed E-state index contributed by atoms with van der Waals surface area (Å²) < 4.78 is 35.8. The van der Waals surface area contributed by atoms with Gasteiger partial charge in [-0.3, -0.25) is 0 Å². The lowest BCUT2D eigenvalue weighted by Crippen LogP contribution is -1.77. The number of benzene rings is 2. The lowest BCUT2D eigenvalue weighted by molar-refractivity contribution is 0.508. The second-order valence-corrected chi connectivity index (χ2v) is 2.71. The van der Waals surface area contributed by atoms with Gasteiger partial charge in [-0.15, -0.1) is 0 Å². The van der Waals surface area contributed by atoms with E-state index in [2.05, 4.69) is 0 Å². The van der Waals surface area contributed by atoms with Gasteiger partial charge in [0.2, 0.25) is 0 Å². The highest BCUT2D eigenvalue weighted by molar-refractivity contribution is 5.05. The van der Waals surface area contributed by atoms with Crippen LogP contribution in [0.5, 0.6) is 0 Å². The van der Waals surface area contributed by atoms with Gasteiger partial charge in [0.05, 0.1) is 0 Å². The predicted octanol–water partition coefficient (Wildman–Crippen LogP) is 3.79. The molecule has 0 unspecified atom stereocenters. The molecule has 2 aromatic rings. The van der Waals surface area contributed by atoms with Crippen LogP contribution in [-0.4, -0.2) is 0 Å². The highest BCUT2D eigenvalue weighted by atomic mass is 19.2. The van der Waals surface area contributed by atoms with Crippen molar-refractivity contribution in [3.8, 4) is 0 Å². The summed E-state index contributed by atoms with van der Waals surface area (Å²) in [5.41, 5.74) is 0. The SMILES string of the molecule is Fc1ccccc1.Fc1ccccc1F. The lowest BCUT2D eigenvalue weighted by Gasteiger charge is -1.85. The van der Waals surface area contributed by atoms with E-state index in [1.807, 2.05) is 0 Å². The summed E-state index contributed by atoms with van der Waals surface area (Å²) in [4.78, 5) is 0. The quantitative estimate of drug-likeness (QED) is 0.620. The molecule has 0 spiro atoms. The van der Waals surface area contributed by atoms with Crippen LogP contribution in [0, 0.1) is 17.5 Å². The van der Waals surface area contributed by atoms with Crippen LogP contribution in [0.3, 0.4) is 0 Å². The molecule has 0 radical (unpaired) electrons. The Hall–Kier alpha value is -1.77. The zero-order valence-corrected chi connectivity index (χ0v) is 7.83. The molecule has 2 aromatic carbocycles. The molecule has 0 bridgehead atoms. The van der Waals surface area contributed by atoms with Crippen LogP contribution in [0.1, 0.15) is 0 Å². The van der Waals surface area contributed by atoms with Crippen molar-refractivity contribution in [3.63, 3.8) is 0 Å². The van der Waals surface area contributed by atoms with Crippen LogP contribution in [0.2, 0.25) is 0 Å². The Morgan fingerprint density at radius 3 is 1.20 bits per heavy atom. The Bertz CT molecular complexity index is 378. The van der Waals surface area contributed by atoms with E-state index < -0.39 is 11.6 Å². The van der Waals surface area contributed by atoms with Crippen LogP contribution in [0.15, 0.2) is 54.6 Å². The third-order valence-electron chi connectivity index (χ3n) is 1.56. The van der Waals surface area contributed by atoms with E-state index in [-0.39, 0.29) is 5.82 Å². The van der Waals surface area contributed by atoms with E-state index in [1.165, 1.54) is 24.3 Å². The van der Waals surface area contributed by atoms with Crippen molar-refractivity contribution in [2.45, 2.75) is 0 Å². The standard InChI is InChI=1S/C6H4F2.C6H5F/c7-5-3-1-2-4-6(5)8;7-6-4-2-1-3-5-6/h1-4H;1-5H. The third-order valence-corrected chi connectivity index (χ3v) is 1.56. The van der Waals surface area contributed by atoms with Crippen molar-refractivity contribution in [2.24, 2.45) is 0 Å². The third kappa shape index (κ3) is 4.31. The second-order valence-electron chi connectivity index (χ2n) is 2.71. The molecule has 3 heteroatoms. The van der Waals surface area contributed by atoms with Gasteiger partial charge in [0.15, 0.2) is 11.6 Å². The van der Waals surface area contributed by atoms with Crippen molar-refractivity contribution in [1.82, 2.24) is 0 Å². The monoisotopic (exact) mass is 210 g/mol. The maximum Gasteiger partial charge on any atom is 0.158 e. The first-order chi connectivity index (χ1) is 7.20. The minimum absolute atomic E-state index is 0.178. The molecule has 0 heterocycles. The van der Waals surface area contributed by atoms with Crippen molar-refractivity contribution >= 4 is 0 Å². The average molecular weight is 210 g/mol. The summed E-state index contributed by atoms with van der Waals surface area (Å²) in [6.45, 7) is 0. The summed E-state index contributed by atoms with van der Waals surface area (Å²) in [5, 5.41) is 0. The maximum atomic E-state index is 11.9. The van der Waals surface area contributed by atoms with Gasteiger partial charge in [0.25, 0.3) is 0 Å². The fourth-order valence-corrected chi connectivity index (χ4v) is 0.854. The van der Waals surface area contributed by atoms with Crippen LogP contribution in [0.25, 0.3) is 0 Å². The first-order valence-corrected chi connectivity index (χ1v) is 4.30. The summed E-state index contributed by atoms with van der Waals surface area (Å²) in [6.07, 6.45) is 0. The van der Waals surface area contributed by atoms with Gasteiger partial charge in [-0.05, 0) is 24.3 Å². The van der Waals surface area contributed by atoms with Gasteiger partial charge in [0.1, 0.15) is 5.82 Å². The van der Waals surface area contributed by atoms with E-state index in [9.17, 15) is 13.2 Å². The predicted molar refractivity (Wildman–Crippen MR) is 52.8 cm³/mol. The van der Waals surface area contributed by atoms with Crippen LogP contribution in [0.4, 0.5) is 13.2 Å². The van der Waals surface area contributed by atoms with Crippen LogP contribution >= 0.6 is 0 Å². The molecule has 2 rings (SSSR count). The zero-order valence-electron chi connectivity index (χ0n) is 7.83. The van der Waals surface area contributed by atoms with E-state index in [4.69, 9.17) is 0 Å². The number of halogens is 3. The van der Waals surface area contributed by atoms with E-state index >= 15 is 0 Å². The first-order valence-electron chi connectivity index (χ1n) is 4.30. The van der Waals surface area contributed by atoms with E-state index in [1.54, 1.807) is 18.2 Å². The maximum absolute atomic E-state index is 11.9. The topological polar surface area (TPSA) is 0 Å². The Morgan fingerprint density at radius 2 is 0.933 bits per heavy atom. The molecule has 78 valence electrons. The van der Waals surface area contributed by atoms with Gasteiger partial charge >= 0.3 is 0 Å². The van der Waals surface area contributed by atoms with Crippen molar-refractivity contribution in [3.05, 3.63) is 72.0 Å². The van der Waals surface area contributed by atoms with Crippen molar-refractivity contribution in [2.75, 3.05) is 0 Å². The summed E-state index contributed by atoms with van der Waals surface area (Å²) >= 11 is 0. The first kappa shape index (κ1) is 11.3. The Labute approximate surface area is 86.0 Å². The van der Waals surface area contributed by atoms with Gasteiger partial charge < -0.3 is 0 Å². The number of hydrogen-bond acceptors (Lipinski definition) is 0. The fraction of sp³-hybridized carbons (Fsp3) is 0. The minimum atomic E-state index is -0.799. The average Bonchev–Trinajstić information content (AvgIpc) is 2.25. The Balaban J connectivity index is 0.000000151. The van der Waals surface area contributed by atoms with Gasteiger partial charge in [-0.2, -0.15) is 0 Å². The van der Waals surface area contributed by atoms with Gasteiger partial charge in [-0.1, -0.05) is 30.3 Å². The smallest absolute Gasteiger partial charge is 0.158 e. The molecule has 0 amide bonds. The molecule has 0 atom stereocenters. The van der Waals surface area contributed by atoms with Crippen LogP contribution in [-0.2, 0) is 0 Å². The molecule has 0 aliphatic rings. The molecule has 15 heavy (non-hydrogen) atoms. The highest BCUT2D eigenvalue weighted by Crippen LogP contribution is 2.01. The molecule has 0 aliphatic heterocycles. The normalized spacial score (nSPS) is 9.00. The van der Waals surface area contributed by atoms with Crippen LogP contribution < -0.4 is 0 Å². The molecule has 0 aromatic heterocycles. The lowest BCUT2D eigenvalue weighted by atomic mass is 10.3.